The highest BCUT2D eigenvalue weighted by atomic mass is 32.2. The molecule has 0 saturated heterocycles. The zero-order valence-electron chi connectivity index (χ0n) is 32.2. The third-order valence-corrected chi connectivity index (χ3v) is 9.77. The van der Waals surface area contributed by atoms with Crippen LogP contribution in [0.4, 0.5) is 26.3 Å². The van der Waals surface area contributed by atoms with Crippen LogP contribution >= 0.6 is 0 Å². The van der Waals surface area contributed by atoms with Gasteiger partial charge in [0.25, 0.3) is 0 Å². The molecular formula is C38H42F6N6O6S2. The normalized spacial score (nSPS) is 12.9. The number of aryl methyl sites for hydroxylation is 2. The smallest absolute Gasteiger partial charge is 0.485 e. The average molecular weight is 857 g/mol. The van der Waals surface area contributed by atoms with Gasteiger partial charge in [-0.15, -0.1) is 0 Å². The van der Waals surface area contributed by atoms with Crippen LogP contribution in [-0.2, 0) is 57.0 Å². The number of benzene rings is 2. The monoisotopic (exact) mass is 856 g/mol. The molecule has 0 radical (unpaired) electrons. The summed E-state index contributed by atoms with van der Waals surface area (Å²) in [6, 6.07) is 26.3. The van der Waals surface area contributed by atoms with E-state index in [4.69, 9.17) is 35.9 Å². The van der Waals surface area contributed by atoms with Crippen LogP contribution in [0.2, 0.25) is 0 Å². The van der Waals surface area contributed by atoms with Crippen molar-refractivity contribution in [2.24, 2.45) is 0 Å². The Morgan fingerprint density at radius 3 is 1.10 bits per heavy atom. The Bertz CT molecular complexity index is 2380. The molecule has 2 N–H and O–H groups in total. The lowest BCUT2D eigenvalue weighted by molar-refractivity contribution is -0.664. The first kappa shape index (κ1) is 45.8. The van der Waals surface area contributed by atoms with Gasteiger partial charge in [0.15, 0.2) is 20.2 Å². The number of alkyl halides is 6. The summed E-state index contributed by atoms with van der Waals surface area (Å²) in [5.74, 6) is 1.95. The van der Waals surface area contributed by atoms with E-state index in [2.05, 4.69) is 146 Å². The molecule has 12 nitrogen and oxygen atoms in total. The van der Waals surface area contributed by atoms with E-state index in [1.165, 1.54) is 22.3 Å². The number of fused-ring (bicyclic) bond motifs is 2. The van der Waals surface area contributed by atoms with Gasteiger partial charge in [0.05, 0.1) is 12.4 Å². The Morgan fingerprint density at radius 1 is 0.552 bits per heavy atom. The highest BCUT2D eigenvalue weighted by molar-refractivity contribution is 7.86. The average Bonchev–Trinajstić information content (AvgIpc) is 3.71. The van der Waals surface area contributed by atoms with Crippen molar-refractivity contribution in [2.75, 3.05) is 0 Å². The van der Waals surface area contributed by atoms with Gasteiger partial charge in [-0.2, -0.15) is 26.3 Å². The number of H-pyrrole nitrogens is 2. The van der Waals surface area contributed by atoms with Crippen molar-refractivity contribution in [3.63, 3.8) is 0 Å². The number of nitrogens with one attached hydrogen (secondary N) is 2. The van der Waals surface area contributed by atoms with Gasteiger partial charge in [-0.1, -0.05) is 90.1 Å². The van der Waals surface area contributed by atoms with E-state index in [1.54, 1.807) is 0 Å². The summed E-state index contributed by atoms with van der Waals surface area (Å²) in [6.07, 6.45) is 5.78. The lowest BCUT2D eigenvalue weighted by atomic mass is 9.87. The van der Waals surface area contributed by atoms with Gasteiger partial charge in [0.2, 0.25) is 11.6 Å². The summed E-state index contributed by atoms with van der Waals surface area (Å²) < 4.78 is 122. The number of imidazole rings is 2. The number of aromatic amines is 2. The van der Waals surface area contributed by atoms with Crippen molar-refractivity contribution >= 4 is 42.6 Å². The fourth-order valence-electron chi connectivity index (χ4n) is 5.49. The Hall–Kier alpha value is -4.92. The molecule has 6 aromatic rings. The van der Waals surface area contributed by atoms with Gasteiger partial charge in [-0.3, -0.25) is 0 Å². The predicted molar refractivity (Wildman–Crippen MR) is 200 cm³/mol. The molecule has 0 aliphatic carbocycles. The lowest BCUT2D eigenvalue weighted by Crippen LogP contribution is -2.35. The molecule has 20 heteroatoms. The standard InChI is InChI=1S/C36H40N6.2CHF3O3S/c1-35(2,3)27-15-11-25(12-16-27)23-41-21-7-9-29-33(41)39-31(37-29)19-20-32-38-30-10-8-22-42(34(30)40-32)24-26-13-17-28(18-14-26)36(4,5)6;2*2-1(3,4)8(5,6)7/h7-18,21-22H,19-20,23-24H2,1-6H3;2*(H,5,6,7). The van der Waals surface area contributed by atoms with Crippen molar-refractivity contribution in [1.29, 1.82) is 0 Å². The van der Waals surface area contributed by atoms with Crippen molar-refractivity contribution in [2.45, 2.75) is 89.3 Å². The van der Waals surface area contributed by atoms with E-state index in [0.29, 0.717) is 0 Å². The van der Waals surface area contributed by atoms with E-state index >= 15 is 0 Å². The summed E-state index contributed by atoms with van der Waals surface area (Å²) in [5, 5.41) is 0. The van der Waals surface area contributed by atoms with Crippen molar-refractivity contribution < 1.29 is 61.4 Å². The first-order valence-electron chi connectivity index (χ1n) is 17.5. The molecule has 0 bridgehead atoms. The third-order valence-electron chi connectivity index (χ3n) is 8.63. The van der Waals surface area contributed by atoms with E-state index < -0.39 is 31.3 Å². The van der Waals surface area contributed by atoms with Crippen LogP contribution in [0.5, 0.6) is 0 Å². The van der Waals surface area contributed by atoms with Crippen LogP contribution in [0.15, 0.2) is 85.2 Å². The Balaban J connectivity index is 0.000000393. The summed E-state index contributed by atoms with van der Waals surface area (Å²) >= 11 is 0. The molecule has 0 saturated carbocycles. The first-order chi connectivity index (χ1) is 26.5. The Labute approximate surface area is 331 Å². The van der Waals surface area contributed by atoms with E-state index in [-0.39, 0.29) is 10.8 Å². The number of nitrogens with zero attached hydrogens (tertiary/aromatic N) is 4. The molecular weight excluding hydrogens is 815 g/mol. The zero-order valence-corrected chi connectivity index (χ0v) is 33.9. The molecule has 0 fully saturated rings. The number of hydrogen-bond acceptors (Lipinski definition) is 8. The SMILES string of the molecule is CC(C)(C)c1ccc(C[n+]2cccc3[nH]c(CCc4nc5c(ccc[n+]5Cc5ccc(C(C)(C)C)cc5)[nH]4)nc32)cc1.O=S(=O)([O-])C(F)(F)F.O=S(=O)([O-])C(F)(F)F. The summed E-state index contributed by atoms with van der Waals surface area (Å²) in [7, 11) is -12.2. The summed E-state index contributed by atoms with van der Waals surface area (Å²) in [4.78, 5) is 17.1. The maximum Gasteiger partial charge on any atom is 0.485 e. The molecule has 4 aromatic heterocycles. The molecule has 58 heavy (non-hydrogen) atoms. The number of rotatable bonds is 7. The minimum atomic E-state index is -6.09. The fourth-order valence-corrected chi connectivity index (χ4v) is 5.49. The lowest BCUT2D eigenvalue weighted by Gasteiger charge is -2.19. The quantitative estimate of drug-likeness (QED) is 0.0781. The molecule has 0 atom stereocenters. The van der Waals surface area contributed by atoms with Crippen molar-refractivity contribution in [3.8, 4) is 0 Å². The van der Waals surface area contributed by atoms with Crippen LogP contribution in [0.1, 0.15) is 75.4 Å². The largest absolute Gasteiger partial charge is 0.741 e. The second-order valence-corrected chi connectivity index (χ2v) is 18.0. The van der Waals surface area contributed by atoms with Crippen LogP contribution in [0.3, 0.4) is 0 Å². The second kappa shape index (κ2) is 17.1. The maximum atomic E-state index is 10.7. The Kier molecular flexibility index (Phi) is 13.5. The molecule has 0 aliphatic heterocycles. The highest BCUT2D eigenvalue weighted by Crippen LogP contribution is 2.24. The van der Waals surface area contributed by atoms with E-state index in [1.807, 2.05) is 0 Å². The second-order valence-electron chi connectivity index (χ2n) is 15.3. The minimum absolute atomic E-state index is 0.154. The van der Waals surface area contributed by atoms with Crippen LogP contribution in [-0.4, -0.2) is 56.9 Å². The number of halogens is 6. The fraction of sp³-hybridized carbons (Fsp3) is 0.368. The van der Waals surface area contributed by atoms with Gasteiger partial charge in [0.1, 0.15) is 24.1 Å². The number of hydrogen-bond donors (Lipinski definition) is 2. The summed E-state index contributed by atoms with van der Waals surface area (Å²) in [5.41, 5.74) is -1.68. The third kappa shape index (κ3) is 12.3. The van der Waals surface area contributed by atoms with Crippen molar-refractivity contribution in [1.82, 2.24) is 19.9 Å². The molecule has 0 unspecified atom stereocenters. The maximum absolute atomic E-state index is 10.7. The molecule has 4 heterocycles. The van der Waals surface area contributed by atoms with Crippen LogP contribution in [0.25, 0.3) is 22.3 Å². The van der Waals surface area contributed by atoms with E-state index in [9.17, 15) is 26.3 Å². The van der Waals surface area contributed by atoms with Gasteiger partial charge >= 0.3 is 22.3 Å². The minimum Gasteiger partial charge on any atom is -0.741 e. The summed E-state index contributed by atoms with van der Waals surface area (Å²) in [6.45, 7) is 15.1. The van der Waals surface area contributed by atoms with Gasteiger partial charge in [0, 0.05) is 12.8 Å². The number of aromatic nitrogens is 6. The van der Waals surface area contributed by atoms with Gasteiger partial charge in [-0.05, 0) is 67.3 Å². The molecule has 0 amide bonds. The Morgan fingerprint density at radius 2 is 0.845 bits per heavy atom. The van der Waals surface area contributed by atoms with E-state index in [0.717, 1.165) is 59.9 Å². The van der Waals surface area contributed by atoms with Crippen LogP contribution < -0.4 is 9.13 Å². The van der Waals surface area contributed by atoms with Crippen molar-refractivity contribution in [3.05, 3.63) is 119 Å². The van der Waals surface area contributed by atoms with Gasteiger partial charge in [-0.25, -0.2) is 26.0 Å². The number of pyridine rings is 2. The first-order valence-corrected chi connectivity index (χ1v) is 20.3. The molecule has 6 rings (SSSR count). The molecule has 0 spiro atoms. The zero-order chi connectivity index (χ0) is 43.5. The highest BCUT2D eigenvalue weighted by Gasteiger charge is 2.37. The molecule has 2 aromatic carbocycles. The molecule has 0 aliphatic rings. The van der Waals surface area contributed by atoms with Crippen LogP contribution in [0, 0.1) is 0 Å². The predicted octanol–water partition coefficient (Wildman–Crippen LogP) is 6.59. The topological polar surface area (TPSA) is 180 Å². The van der Waals surface area contributed by atoms with Gasteiger partial charge < -0.3 is 19.1 Å². The molecule has 314 valence electrons.